The molecule has 0 bridgehead atoms. The number of rotatable bonds is 2. The summed E-state index contributed by atoms with van der Waals surface area (Å²) in [5, 5.41) is 10.9. The van der Waals surface area contributed by atoms with Crippen LogP contribution in [0.3, 0.4) is 0 Å². The number of aryl methyl sites for hydroxylation is 2. The van der Waals surface area contributed by atoms with Gasteiger partial charge in [0.1, 0.15) is 5.94 Å². The first-order valence-electron chi connectivity index (χ1n) is 3.68. The Morgan fingerprint density at radius 2 is 1.67 bits per heavy atom. The van der Waals surface area contributed by atoms with Gasteiger partial charge < -0.3 is 0 Å². The zero-order valence-electron chi connectivity index (χ0n) is 7.42. The molecule has 4 heteroatoms. The molecule has 0 fully saturated rings. The molecule has 1 aromatic rings. The lowest BCUT2D eigenvalue weighted by Crippen LogP contribution is -1.97. The van der Waals surface area contributed by atoms with Crippen LogP contribution in [-0.4, -0.2) is 15.9 Å². The highest BCUT2D eigenvalue weighted by atomic mass is 32.2. The molecule has 0 unspecified atom stereocenters. The predicted molar refractivity (Wildman–Crippen MR) is 47.7 cm³/mol. The van der Waals surface area contributed by atoms with E-state index in [0.29, 0.717) is 5.16 Å². The topological polar surface area (TPSA) is 45.7 Å². The summed E-state index contributed by atoms with van der Waals surface area (Å²) in [5.41, 5.74) is 3.02. The van der Waals surface area contributed by atoms with Crippen molar-refractivity contribution in [2.24, 2.45) is 0 Å². The van der Waals surface area contributed by atoms with Gasteiger partial charge >= 0.3 is 0 Å². The van der Waals surface area contributed by atoms with E-state index in [1.54, 1.807) is 0 Å². The summed E-state index contributed by atoms with van der Waals surface area (Å²) >= 11 is 1.13. The Morgan fingerprint density at radius 3 is 2.08 bits per heavy atom. The lowest BCUT2D eigenvalue weighted by molar-refractivity contribution is 0.260. The van der Waals surface area contributed by atoms with Gasteiger partial charge in [-0.1, -0.05) is 11.8 Å². The molecule has 1 aromatic heterocycles. The van der Waals surface area contributed by atoms with E-state index in [2.05, 4.69) is 9.97 Å². The maximum Gasteiger partial charge on any atom is 0.190 e. The molecule has 0 spiro atoms. The molecule has 0 amide bonds. The van der Waals surface area contributed by atoms with Crippen LogP contribution in [0.1, 0.15) is 17.0 Å². The van der Waals surface area contributed by atoms with Crippen molar-refractivity contribution in [2.45, 2.75) is 25.9 Å². The van der Waals surface area contributed by atoms with Gasteiger partial charge in [-0.3, -0.25) is 0 Å². The third-order valence-electron chi connectivity index (χ3n) is 1.80. The van der Waals surface area contributed by atoms with E-state index < -0.39 is 0 Å². The number of nitrogens with zero attached hydrogens (tertiary/aromatic N) is 2. The van der Waals surface area contributed by atoms with Gasteiger partial charge in [0.2, 0.25) is 0 Å². The summed E-state index contributed by atoms with van der Waals surface area (Å²) in [5.74, 6) is -0.220. The van der Waals surface area contributed by atoms with Crippen molar-refractivity contribution in [3.8, 4) is 0 Å². The van der Waals surface area contributed by atoms with Crippen LogP contribution in [0.25, 0.3) is 0 Å². The minimum Gasteiger partial charge on any atom is -0.228 e. The Bertz CT molecular complexity index is 265. The van der Waals surface area contributed by atoms with Gasteiger partial charge in [0, 0.05) is 11.4 Å². The maximum absolute atomic E-state index is 10.3. The summed E-state index contributed by atoms with van der Waals surface area (Å²) in [6.07, 6.45) is 0. The third kappa shape index (κ3) is 1.95. The van der Waals surface area contributed by atoms with E-state index in [1.807, 2.05) is 20.8 Å². The SMILES string of the molecule is Cc1nc(SC[O])nc(C)c1C. The molecule has 0 saturated carbocycles. The van der Waals surface area contributed by atoms with Crippen molar-refractivity contribution in [2.75, 3.05) is 5.94 Å². The molecule has 0 atom stereocenters. The van der Waals surface area contributed by atoms with Crippen molar-refractivity contribution in [1.29, 1.82) is 0 Å². The number of hydrogen-bond donors (Lipinski definition) is 0. The lowest BCUT2D eigenvalue weighted by Gasteiger charge is -2.04. The fourth-order valence-corrected chi connectivity index (χ4v) is 1.37. The predicted octanol–water partition coefficient (Wildman–Crippen LogP) is 1.88. The zero-order valence-corrected chi connectivity index (χ0v) is 8.23. The molecule has 0 aliphatic carbocycles. The van der Waals surface area contributed by atoms with Crippen molar-refractivity contribution >= 4 is 11.8 Å². The normalized spacial score (nSPS) is 10.3. The molecular weight excluding hydrogens is 172 g/mol. The van der Waals surface area contributed by atoms with Crippen LogP contribution in [0.5, 0.6) is 0 Å². The van der Waals surface area contributed by atoms with Gasteiger partial charge in [0.25, 0.3) is 0 Å². The molecule has 1 radical (unpaired) electrons. The van der Waals surface area contributed by atoms with Crippen LogP contribution in [0, 0.1) is 20.8 Å². The summed E-state index contributed by atoms with van der Waals surface area (Å²) in [4.78, 5) is 8.35. The molecule has 65 valence electrons. The fourth-order valence-electron chi connectivity index (χ4n) is 0.859. The third-order valence-corrected chi connectivity index (χ3v) is 2.36. The second-order valence-corrected chi connectivity index (χ2v) is 3.45. The molecule has 0 aromatic carbocycles. The molecule has 1 rings (SSSR count). The molecule has 0 aliphatic heterocycles. The standard InChI is InChI=1S/C8H11N2OS/c1-5-6(2)9-8(12-4-11)10-7(5)3/h4H2,1-3H3. The smallest absolute Gasteiger partial charge is 0.190 e. The minimum absolute atomic E-state index is 0.220. The second kappa shape index (κ2) is 3.87. The van der Waals surface area contributed by atoms with Gasteiger partial charge in [-0.05, 0) is 26.3 Å². The van der Waals surface area contributed by atoms with Gasteiger partial charge in [-0.25, -0.2) is 15.1 Å². The molecule has 1 heterocycles. The summed E-state index contributed by atoms with van der Waals surface area (Å²) in [7, 11) is 0. The summed E-state index contributed by atoms with van der Waals surface area (Å²) < 4.78 is 0. The van der Waals surface area contributed by atoms with Crippen LogP contribution in [0.15, 0.2) is 5.16 Å². The van der Waals surface area contributed by atoms with E-state index in [-0.39, 0.29) is 5.94 Å². The molecular formula is C8H11N2OS. The number of hydrogen-bond acceptors (Lipinski definition) is 3. The monoisotopic (exact) mass is 183 g/mol. The van der Waals surface area contributed by atoms with Crippen LogP contribution in [0.2, 0.25) is 0 Å². The van der Waals surface area contributed by atoms with Crippen LogP contribution >= 0.6 is 11.8 Å². The first-order chi connectivity index (χ1) is 5.65. The van der Waals surface area contributed by atoms with Gasteiger partial charge in [0.05, 0.1) is 0 Å². The lowest BCUT2D eigenvalue weighted by atomic mass is 10.2. The van der Waals surface area contributed by atoms with E-state index in [1.165, 1.54) is 0 Å². The van der Waals surface area contributed by atoms with E-state index in [9.17, 15) is 5.11 Å². The molecule has 0 N–H and O–H groups in total. The highest BCUT2D eigenvalue weighted by molar-refractivity contribution is 7.98. The first-order valence-corrected chi connectivity index (χ1v) is 4.66. The van der Waals surface area contributed by atoms with E-state index in [4.69, 9.17) is 0 Å². The van der Waals surface area contributed by atoms with Gasteiger partial charge in [-0.15, -0.1) is 0 Å². The van der Waals surface area contributed by atoms with Gasteiger partial charge in [0.15, 0.2) is 5.16 Å². The van der Waals surface area contributed by atoms with Crippen LogP contribution < -0.4 is 0 Å². The average molecular weight is 183 g/mol. The quantitative estimate of drug-likeness (QED) is 0.399. The van der Waals surface area contributed by atoms with E-state index in [0.717, 1.165) is 28.7 Å². The molecule has 12 heavy (non-hydrogen) atoms. The van der Waals surface area contributed by atoms with E-state index >= 15 is 0 Å². The Balaban J connectivity index is 3.04. The maximum atomic E-state index is 10.3. The Morgan fingerprint density at radius 1 is 1.17 bits per heavy atom. The Labute approximate surface area is 76.2 Å². The van der Waals surface area contributed by atoms with Crippen molar-refractivity contribution < 1.29 is 5.11 Å². The minimum atomic E-state index is -0.220. The number of aromatic nitrogens is 2. The largest absolute Gasteiger partial charge is 0.228 e. The van der Waals surface area contributed by atoms with Crippen molar-refractivity contribution in [3.63, 3.8) is 0 Å². The Kier molecular flexibility index (Phi) is 3.05. The summed E-state index contributed by atoms with van der Waals surface area (Å²) in [6, 6.07) is 0. The van der Waals surface area contributed by atoms with Crippen LogP contribution in [-0.2, 0) is 5.11 Å². The molecule has 0 aliphatic rings. The fraction of sp³-hybridized carbons (Fsp3) is 0.500. The first kappa shape index (κ1) is 9.48. The molecule has 0 saturated heterocycles. The van der Waals surface area contributed by atoms with Gasteiger partial charge in [-0.2, -0.15) is 0 Å². The highest BCUT2D eigenvalue weighted by Gasteiger charge is 2.03. The average Bonchev–Trinajstić information content (AvgIpc) is 2.01. The van der Waals surface area contributed by atoms with Crippen LogP contribution in [0.4, 0.5) is 0 Å². The van der Waals surface area contributed by atoms with Crippen molar-refractivity contribution in [1.82, 2.24) is 9.97 Å². The molecule has 3 nitrogen and oxygen atoms in total. The summed E-state index contributed by atoms with van der Waals surface area (Å²) in [6.45, 7) is 5.84. The number of thioether (sulfide) groups is 1. The highest BCUT2D eigenvalue weighted by Crippen LogP contribution is 2.15. The second-order valence-electron chi connectivity index (χ2n) is 2.56. The Hall–Kier alpha value is -0.610. The zero-order chi connectivity index (χ0) is 9.14. The van der Waals surface area contributed by atoms with Crippen molar-refractivity contribution in [3.05, 3.63) is 17.0 Å².